The molecule has 2 aromatic carbocycles. The SMILES string of the molecule is CC(C)N(C(=O)COc1nnc(C(F)(F)F)s1)c1ccc(F)cc1.CCOC(=O)C(Cl)Cc1cc(-n2nc(C)n(C(F)F)c2=O)c(F)cc1Cl.O=C(O)CNCP(=O)(O)O. The van der Waals surface area contributed by atoms with Crippen molar-refractivity contribution in [2.45, 2.75) is 58.3 Å². The highest BCUT2D eigenvalue weighted by Gasteiger charge is 2.36. The van der Waals surface area contributed by atoms with Crippen LogP contribution in [-0.2, 0) is 36.3 Å². The highest BCUT2D eigenvalue weighted by Crippen LogP contribution is 2.34. The van der Waals surface area contributed by atoms with E-state index >= 15 is 0 Å². The van der Waals surface area contributed by atoms with Gasteiger partial charge in [-0.25, -0.2) is 18.1 Å². The van der Waals surface area contributed by atoms with Gasteiger partial charge in [0.2, 0.25) is 5.01 Å². The van der Waals surface area contributed by atoms with Crippen LogP contribution in [0.3, 0.4) is 0 Å². The van der Waals surface area contributed by atoms with Crippen molar-refractivity contribution in [3.8, 4) is 10.9 Å². The summed E-state index contributed by atoms with van der Waals surface area (Å²) >= 11 is 12.1. The molecule has 2 heterocycles. The fourth-order valence-electron chi connectivity index (χ4n) is 4.48. The number of aliphatic carboxylic acids is 1. The number of carbonyl (C=O) groups is 3. The number of carboxylic acids is 1. The van der Waals surface area contributed by atoms with Gasteiger partial charge in [-0.05, 0) is 69.7 Å². The van der Waals surface area contributed by atoms with E-state index in [2.05, 4.69) is 20.6 Å². The van der Waals surface area contributed by atoms with Crippen LogP contribution in [0.1, 0.15) is 43.7 Å². The minimum atomic E-state index is -4.61. The zero-order valence-corrected chi connectivity index (χ0v) is 34.6. The molecular formula is C32H35Cl2F7N7O10PS. The number of benzene rings is 2. The number of alkyl halides is 6. The van der Waals surface area contributed by atoms with Crippen molar-refractivity contribution in [1.82, 2.24) is 29.9 Å². The Bertz CT molecular complexity index is 2190. The molecule has 60 heavy (non-hydrogen) atoms. The summed E-state index contributed by atoms with van der Waals surface area (Å²) in [5.41, 5.74) is -0.914. The molecule has 4 N–H and O–H groups in total. The van der Waals surface area contributed by atoms with E-state index in [0.717, 1.165) is 12.1 Å². The Balaban J connectivity index is 0.000000339. The molecule has 0 spiro atoms. The normalized spacial score (nSPS) is 11.9. The van der Waals surface area contributed by atoms with Gasteiger partial charge in [-0.15, -0.1) is 21.8 Å². The van der Waals surface area contributed by atoms with Gasteiger partial charge < -0.3 is 29.3 Å². The summed E-state index contributed by atoms with van der Waals surface area (Å²) in [7, 11) is -4.10. The summed E-state index contributed by atoms with van der Waals surface area (Å²) in [5, 5.41) is 17.3. The number of esters is 1. The van der Waals surface area contributed by atoms with Crippen LogP contribution >= 0.6 is 42.1 Å². The Morgan fingerprint density at radius 1 is 1.08 bits per heavy atom. The number of aryl methyl sites for hydroxylation is 1. The van der Waals surface area contributed by atoms with Gasteiger partial charge in [0.25, 0.3) is 11.1 Å². The summed E-state index contributed by atoms with van der Waals surface area (Å²) in [4.78, 5) is 63.5. The molecule has 1 unspecified atom stereocenters. The third-order valence-electron chi connectivity index (χ3n) is 6.91. The molecule has 4 rings (SSSR count). The minimum Gasteiger partial charge on any atom is -0.480 e. The molecule has 332 valence electrons. The predicted molar refractivity (Wildman–Crippen MR) is 201 cm³/mol. The maximum Gasteiger partial charge on any atom is 0.445 e. The molecular weight excluding hydrogens is 909 g/mol. The van der Waals surface area contributed by atoms with Gasteiger partial charge in [0.1, 0.15) is 22.7 Å². The summed E-state index contributed by atoms with van der Waals surface area (Å²) in [6.45, 7) is 2.34. The predicted octanol–water partition coefficient (Wildman–Crippen LogP) is 5.56. The number of anilines is 1. The molecule has 0 saturated carbocycles. The molecule has 28 heteroatoms. The Morgan fingerprint density at radius 2 is 1.70 bits per heavy atom. The van der Waals surface area contributed by atoms with E-state index in [1.807, 2.05) is 0 Å². The smallest absolute Gasteiger partial charge is 0.445 e. The van der Waals surface area contributed by atoms with Crippen LogP contribution in [0.4, 0.5) is 36.4 Å². The Hall–Kier alpha value is -4.65. The first kappa shape index (κ1) is 51.5. The van der Waals surface area contributed by atoms with E-state index < -0.39 is 85.3 Å². The van der Waals surface area contributed by atoms with Crippen molar-refractivity contribution in [3.63, 3.8) is 0 Å². The molecule has 1 atom stereocenters. The highest BCUT2D eigenvalue weighted by atomic mass is 35.5. The first-order chi connectivity index (χ1) is 27.8. The first-order valence-electron chi connectivity index (χ1n) is 16.6. The molecule has 0 aliphatic rings. The monoisotopic (exact) mass is 943 g/mol. The van der Waals surface area contributed by atoms with Crippen LogP contribution in [0, 0.1) is 18.6 Å². The number of amides is 1. The van der Waals surface area contributed by atoms with E-state index in [0.29, 0.717) is 10.4 Å². The lowest BCUT2D eigenvalue weighted by Crippen LogP contribution is -2.40. The van der Waals surface area contributed by atoms with Gasteiger partial charge in [-0.3, -0.25) is 24.3 Å². The lowest BCUT2D eigenvalue weighted by molar-refractivity contribution is -0.142. The number of aromatic nitrogens is 5. The van der Waals surface area contributed by atoms with Crippen molar-refractivity contribution >= 4 is 65.7 Å². The standard InChI is InChI=1S/C15H14Cl2F3N3O3.C14H13F4N3O2S.C3H8NO5P/c1-3-26-13(24)10(17)4-8-5-12(11(18)6-9(8)16)23-15(25)22(14(19)20)7(2)21-23;1-8(2)21(10-5-3-9(15)4-6-10)11(22)7-23-13-20-19-12(24-13)14(16,17)18;5-3(6)1-4-2-10(7,8)9/h5-6,10,14H,3-4H2,1-2H3;3-6,8H,7H2,1-2H3;4H,1-2H2,(H,5,6)(H2,7,8,9). The third-order valence-corrected chi connectivity index (χ3v) is 9.11. The second-order valence-electron chi connectivity index (χ2n) is 11.8. The van der Waals surface area contributed by atoms with E-state index in [1.54, 1.807) is 20.8 Å². The van der Waals surface area contributed by atoms with Crippen molar-refractivity contribution in [2.24, 2.45) is 0 Å². The molecule has 17 nitrogen and oxygen atoms in total. The number of nitrogens with one attached hydrogen (secondary N) is 1. The number of carbonyl (C=O) groups excluding carboxylic acids is 2. The molecule has 4 aromatic rings. The van der Waals surface area contributed by atoms with Crippen LogP contribution in [0.25, 0.3) is 5.69 Å². The van der Waals surface area contributed by atoms with Gasteiger partial charge in [0.05, 0.1) is 19.4 Å². The van der Waals surface area contributed by atoms with E-state index in [4.69, 9.17) is 47.6 Å². The van der Waals surface area contributed by atoms with Crippen molar-refractivity contribution in [1.29, 1.82) is 0 Å². The van der Waals surface area contributed by atoms with Gasteiger partial charge in [-0.2, -0.15) is 26.6 Å². The summed E-state index contributed by atoms with van der Waals surface area (Å²) in [6, 6.07) is 7.05. The maximum absolute atomic E-state index is 14.2. The number of nitrogens with zero attached hydrogens (tertiary/aromatic N) is 6. The van der Waals surface area contributed by atoms with Crippen molar-refractivity contribution in [3.05, 3.63) is 79.9 Å². The summed E-state index contributed by atoms with van der Waals surface area (Å²) in [5.74, 6) is -4.01. The zero-order valence-electron chi connectivity index (χ0n) is 31.4. The van der Waals surface area contributed by atoms with E-state index in [1.165, 1.54) is 36.1 Å². The Morgan fingerprint density at radius 3 is 2.18 bits per heavy atom. The molecule has 0 aliphatic heterocycles. The fraction of sp³-hybridized carbons (Fsp3) is 0.406. The molecule has 2 aromatic heterocycles. The van der Waals surface area contributed by atoms with E-state index in [9.17, 15) is 54.5 Å². The number of ether oxygens (including phenoxy) is 2. The van der Waals surface area contributed by atoms with Gasteiger partial charge >= 0.3 is 37.9 Å². The molecule has 0 bridgehead atoms. The number of rotatable bonds is 15. The molecule has 0 radical (unpaired) electrons. The van der Waals surface area contributed by atoms with Crippen LogP contribution in [-0.4, -0.2) is 94.7 Å². The van der Waals surface area contributed by atoms with Crippen LogP contribution in [0.2, 0.25) is 5.02 Å². The average molecular weight is 945 g/mol. The lowest BCUT2D eigenvalue weighted by atomic mass is 10.1. The minimum absolute atomic E-state index is 0.0424. The number of hydrogen-bond acceptors (Lipinski definition) is 12. The second-order valence-corrected chi connectivity index (χ2v) is 15.4. The second kappa shape index (κ2) is 22.8. The number of carboxylic acid groups (broad SMARTS) is 1. The average Bonchev–Trinajstić information content (AvgIpc) is 3.73. The van der Waals surface area contributed by atoms with E-state index in [-0.39, 0.29) is 62.3 Å². The number of hydrogen-bond donors (Lipinski definition) is 4. The summed E-state index contributed by atoms with van der Waals surface area (Å²) < 4.78 is 111. The largest absolute Gasteiger partial charge is 0.480 e. The van der Waals surface area contributed by atoms with Gasteiger partial charge in [-0.1, -0.05) is 28.0 Å². The molecule has 0 aliphatic carbocycles. The van der Waals surface area contributed by atoms with Crippen LogP contribution < -0.4 is 20.6 Å². The fourth-order valence-corrected chi connectivity index (χ4v) is 5.90. The van der Waals surface area contributed by atoms with Crippen molar-refractivity contribution in [2.75, 3.05) is 30.9 Å². The molecule has 1 amide bonds. The molecule has 0 saturated heterocycles. The number of halogens is 9. The van der Waals surface area contributed by atoms with Crippen LogP contribution in [0.5, 0.6) is 5.19 Å². The Labute approximate surface area is 348 Å². The maximum atomic E-state index is 14.2. The molecule has 0 fully saturated rings. The van der Waals surface area contributed by atoms with Crippen LogP contribution in [0.15, 0.2) is 41.2 Å². The first-order valence-corrected chi connectivity index (χ1v) is 20.0. The zero-order chi connectivity index (χ0) is 45.7. The third kappa shape index (κ3) is 16.1. The topological polar surface area (TPSA) is 228 Å². The quantitative estimate of drug-likeness (QED) is 0.0496. The summed E-state index contributed by atoms with van der Waals surface area (Å²) in [6.07, 6.45) is -5.32. The van der Waals surface area contributed by atoms with Crippen molar-refractivity contribution < 1.29 is 74.0 Å². The Kier molecular flexibility index (Phi) is 19.6. The lowest BCUT2D eigenvalue weighted by Gasteiger charge is -2.26. The van der Waals surface area contributed by atoms with Gasteiger partial charge in [0, 0.05) is 23.2 Å². The van der Waals surface area contributed by atoms with Gasteiger partial charge in [0.15, 0.2) is 12.4 Å². The highest BCUT2D eigenvalue weighted by molar-refractivity contribution is 7.51.